The third kappa shape index (κ3) is 2.77. The van der Waals surface area contributed by atoms with Gasteiger partial charge in [-0.15, -0.1) is 0 Å². The zero-order chi connectivity index (χ0) is 15.7. The molecule has 0 bridgehead atoms. The molecule has 1 aliphatic rings. The lowest BCUT2D eigenvalue weighted by Gasteiger charge is -2.15. The standard InChI is InChI=1S/C16H17FN4O/c1-20(2)16-18-9-13-14(19-16)10-21(15(13)22)8-7-11-3-5-12(17)6-4-11/h3-6,9H,7-8,10H2,1-2H3. The van der Waals surface area contributed by atoms with E-state index < -0.39 is 0 Å². The van der Waals surface area contributed by atoms with E-state index in [0.717, 1.165) is 11.3 Å². The van der Waals surface area contributed by atoms with E-state index >= 15 is 0 Å². The monoisotopic (exact) mass is 300 g/mol. The van der Waals surface area contributed by atoms with E-state index in [-0.39, 0.29) is 11.7 Å². The van der Waals surface area contributed by atoms with Crippen LogP contribution in [-0.2, 0) is 13.0 Å². The topological polar surface area (TPSA) is 49.3 Å². The van der Waals surface area contributed by atoms with Crippen LogP contribution in [0.1, 0.15) is 21.6 Å². The summed E-state index contributed by atoms with van der Waals surface area (Å²) in [5, 5.41) is 0. The maximum Gasteiger partial charge on any atom is 0.257 e. The normalized spacial score (nSPS) is 13.4. The zero-order valence-electron chi connectivity index (χ0n) is 12.6. The average molecular weight is 300 g/mol. The summed E-state index contributed by atoms with van der Waals surface area (Å²) in [6.07, 6.45) is 2.28. The molecule has 22 heavy (non-hydrogen) atoms. The molecule has 5 nitrogen and oxygen atoms in total. The molecule has 114 valence electrons. The summed E-state index contributed by atoms with van der Waals surface area (Å²) >= 11 is 0. The van der Waals surface area contributed by atoms with Gasteiger partial charge in [-0.1, -0.05) is 12.1 Å². The van der Waals surface area contributed by atoms with E-state index in [0.29, 0.717) is 31.0 Å². The molecule has 0 unspecified atom stereocenters. The van der Waals surface area contributed by atoms with Crippen LogP contribution >= 0.6 is 0 Å². The number of hydrogen-bond donors (Lipinski definition) is 0. The second-order valence-corrected chi connectivity index (χ2v) is 5.53. The number of hydrogen-bond acceptors (Lipinski definition) is 4. The molecule has 0 N–H and O–H groups in total. The van der Waals surface area contributed by atoms with Crippen molar-refractivity contribution in [3.63, 3.8) is 0 Å². The van der Waals surface area contributed by atoms with Gasteiger partial charge in [0.2, 0.25) is 5.95 Å². The third-order valence-corrected chi connectivity index (χ3v) is 3.70. The van der Waals surface area contributed by atoms with Crippen molar-refractivity contribution in [2.24, 2.45) is 0 Å². The maximum atomic E-state index is 12.9. The highest BCUT2D eigenvalue weighted by atomic mass is 19.1. The molecule has 1 aliphatic heterocycles. The second kappa shape index (κ2) is 5.71. The molecule has 2 heterocycles. The van der Waals surface area contributed by atoms with E-state index in [2.05, 4.69) is 9.97 Å². The molecule has 0 fully saturated rings. The quantitative estimate of drug-likeness (QED) is 0.865. The first-order valence-corrected chi connectivity index (χ1v) is 7.11. The number of anilines is 1. The fraction of sp³-hybridized carbons (Fsp3) is 0.312. The number of aromatic nitrogens is 2. The van der Waals surface area contributed by atoms with Gasteiger partial charge in [-0.3, -0.25) is 4.79 Å². The van der Waals surface area contributed by atoms with Crippen LogP contribution in [0, 0.1) is 5.82 Å². The summed E-state index contributed by atoms with van der Waals surface area (Å²) in [6, 6.07) is 6.36. The first-order valence-electron chi connectivity index (χ1n) is 7.11. The number of rotatable bonds is 4. The van der Waals surface area contributed by atoms with E-state index in [1.54, 1.807) is 23.2 Å². The van der Waals surface area contributed by atoms with Crippen LogP contribution in [0.5, 0.6) is 0 Å². The fourth-order valence-corrected chi connectivity index (χ4v) is 2.44. The van der Waals surface area contributed by atoms with Gasteiger partial charge in [-0.05, 0) is 24.1 Å². The van der Waals surface area contributed by atoms with Crippen molar-refractivity contribution in [2.45, 2.75) is 13.0 Å². The lowest BCUT2D eigenvalue weighted by Crippen LogP contribution is -2.26. The highest BCUT2D eigenvalue weighted by Crippen LogP contribution is 2.22. The Balaban J connectivity index is 1.69. The Morgan fingerprint density at radius 1 is 1.27 bits per heavy atom. The summed E-state index contributed by atoms with van der Waals surface area (Å²) in [4.78, 5) is 24.5. The minimum Gasteiger partial charge on any atom is -0.347 e. The largest absolute Gasteiger partial charge is 0.347 e. The fourth-order valence-electron chi connectivity index (χ4n) is 2.44. The van der Waals surface area contributed by atoms with Crippen LogP contribution in [0.3, 0.4) is 0 Å². The Bertz CT molecular complexity index is 700. The van der Waals surface area contributed by atoms with Gasteiger partial charge in [0.05, 0.1) is 17.8 Å². The molecule has 0 spiro atoms. The van der Waals surface area contributed by atoms with Crippen molar-refractivity contribution in [3.8, 4) is 0 Å². The predicted octanol–water partition coefficient (Wildman–Crippen LogP) is 1.88. The van der Waals surface area contributed by atoms with Crippen LogP contribution in [0.15, 0.2) is 30.5 Å². The molecular formula is C16H17FN4O. The van der Waals surface area contributed by atoms with E-state index in [9.17, 15) is 9.18 Å². The summed E-state index contributed by atoms with van der Waals surface area (Å²) in [5.74, 6) is 0.314. The Morgan fingerprint density at radius 2 is 2.00 bits per heavy atom. The Labute approximate surface area is 128 Å². The van der Waals surface area contributed by atoms with Gasteiger partial charge < -0.3 is 9.80 Å². The molecular weight excluding hydrogens is 283 g/mol. The zero-order valence-corrected chi connectivity index (χ0v) is 12.6. The summed E-state index contributed by atoms with van der Waals surface area (Å²) in [5.41, 5.74) is 2.35. The van der Waals surface area contributed by atoms with Crippen molar-refractivity contribution in [2.75, 3.05) is 25.5 Å². The minimum atomic E-state index is -0.250. The maximum absolute atomic E-state index is 12.9. The lowest BCUT2D eigenvalue weighted by atomic mass is 10.1. The Morgan fingerprint density at radius 3 is 2.68 bits per heavy atom. The van der Waals surface area contributed by atoms with Crippen LogP contribution in [0.4, 0.5) is 10.3 Å². The van der Waals surface area contributed by atoms with Crippen molar-refractivity contribution >= 4 is 11.9 Å². The molecule has 0 atom stereocenters. The number of halogens is 1. The predicted molar refractivity (Wildman–Crippen MR) is 81.2 cm³/mol. The molecule has 0 aliphatic carbocycles. The number of amides is 1. The van der Waals surface area contributed by atoms with Gasteiger partial charge in [-0.25, -0.2) is 14.4 Å². The number of benzene rings is 1. The van der Waals surface area contributed by atoms with Crippen molar-refractivity contribution < 1.29 is 9.18 Å². The van der Waals surface area contributed by atoms with Crippen LogP contribution < -0.4 is 4.90 Å². The molecule has 0 saturated heterocycles. The lowest BCUT2D eigenvalue weighted by molar-refractivity contribution is 0.0779. The Hall–Kier alpha value is -2.50. The van der Waals surface area contributed by atoms with Gasteiger partial charge >= 0.3 is 0 Å². The smallest absolute Gasteiger partial charge is 0.257 e. The van der Waals surface area contributed by atoms with Crippen molar-refractivity contribution in [1.82, 2.24) is 14.9 Å². The summed E-state index contributed by atoms with van der Waals surface area (Å²) < 4.78 is 12.9. The molecule has 3 rings (SSSR count). The van der Waals surface area contributed by atoms with Crippen molar-refractivity contribution in [1.29, 1.82) is 0 Å². The van der Waals surface area contributed by atoms with Gasteiger partial charge in [-0.2, -0.15) is 0 Å². The average Bonchev–Trinajstić information content (AvgIpc) is 2.82. The van der Waals surface area contributed by atoms with E-state index in [1.165, 1.54) is 12.1 Å². The highest BCUT2D eigenvalue weighted by Gasteiger charge is 2.29. The Kier molecular flexibility index (Phi) is 3.75. The third-order valence-electron chi connectivity index (χ3n) is 3.70. The van der Waals surface area contributed by atoms with Gasteiger partial charge in [0, 0.05) is 26.8 Å². The van der Waals surface area contributed by atoms with Gasteiger partial charge in [0.1, 0.15) is 5.82 Å². The SMILES string of the molecule is CN(C)c1ncc2c(n1)CN(CCc1ccc(F)cc1)C2=O. The molecule has 0 radical (unpaired) electrons. The number of carbonyl (C=O) groups excluding carboxylic acids is 1. The number of fused-ring (bicyclic) bond motifs is 1. The molecule has 1 aromatic carbocycles. The summed E-state index contributed by atoms with van der Waals surface area (Å²) in [7, 11) is 3.73. The number of carbonyl (C=O) groups is 1. The van der Waals surface area contributed by atoms with Crippen LogP contribution in [0.25, 0.3) is 0 Å². The molecule has 0 saturated carbocycles. The molecule has 1 aromatic heterocycles. The summed E-state index contributed by atoms with van der Waals surface area (Å²) in [6.45, 7) is 1.08. The van der Waals surface area contributed by atoms with Crippen molar-refractivity contribution in [3.05, 3.63) is 53.1 Å². The number of nitrogens with zero attached hydrogens (tertiary/aromatic N) is 4. The van der Waals surface area contributed by atoms with E-state index in [1.807, 2.05) is 19.0 Å². The van der Waals surface area contributed by atoms with Crippen LogP contribution in [0.2, 0.25) is 0 Å². The second-order valence-electron chi connectivity index (χ2n) is 5.53. The highest BCUT2D eigenvalue weighted by molar-refractivity contribution is 5.97. The minimum absolute atomic E-state index is 0.0394. The van der Waals surface area contributed by atoms with Gasteiger partial charge in [0.25, 0.3) is 5.91 Å². The molecule has 6 heteroatoms. The molecule has 1 amide bonds. The van der Waals surface area contributed by atoms with Crippen LogP contribution in [-0.4, -0.2) is 41.4 Å². The first-order chi connectivity index (χ1) is 10.5. The first kappa shape index (κ1) is 14.4. The molecule has 2 aromatic rings. The van der Waals surface area contributed by atoms with E-state index in [4.69, 9.17) is 0 Å². The van der Waals surface area contributed by atoms with Gasteiger partial charge in [0.15, 0.2) is 0 Å².